The molecule has 1 aromatic carbocycles. The van der Waals surface area contributed by atoms with Crippen molar-refractivity contribution < 1.29 is 19.0 Å². The Morgan fingerprint density at radius 1 is 1.35 bits per heavy atom. The predicted molar refractivity (Wildman–Crippen MR) is 81.6 cm³/mol. The van der Waals surface area contributed by atoms with Gasteiger partial charge in [-0.15, -0.1) is 0 Å². The summed E-state index contributed by atoms with van der Waals surface area (Å²) in [4.78, 5) is 12.2. The summed E-state index contributed by atoms with van der Waals surface area (Å²) in [5, 5.41) is 7.16. The fourth-order valence-electron chi connectivity index (χ4n) is 2.77. The first kappa shape index (κ1) is 14.1. The zero-order chi connectivity index (χ0) is 15.6. The molecule has 1 aromatic heterocycles. The van der Waals surface area contributed by atoms with Crippen molar-refractivity contribution in [1.29, 1.82) is 0 Å². The van der Waals surface area contributed by atoms with E-state index in [9.17, 15) is 4.79 Å². The van der Waals surface area contributed by atoms with Gasteiger partial charge in [0.2, 0.25) is 12.7 Å². The number of anilines is 1. The van der Waals surface area contributed by atoms with Gasteiger partial charge in [0.25, 0.3) is 0 Å². The van der Waals surface area contributed by atoms with Gasteiger partial charge in [0.15, 0.2) is 11.5 Å². The Labute approximate surface area is 133 Å². The Kier molecular flexibility index (Phi) is 3.63. The molecular weight excluding hydrogens is 298 g/mol. The number of carbonyl (C=O) groups is 1. The van der Waals surface area contributed by atoms with Crippen LogP contribution in [0.25, 0.3) is 0 Å². The zero-order valence-electron chi connectivity index (χ0n) is 12.5. The van der Waals surface area contributed by atoms with E-state index in [1.807, 2.05) is 29.1 Å². The van der Waals surface area contributed by atoms with Crippen molar-refractivity contribution in [2.24, 2.45) is 0 Å². The van der Waals surface area contributed by atoms with Crippen LogP contribution in [0.5, 0.6) is 11.5 Å². The predicted octanol–water partition coefficient (Wildman–Crippen LogP) is 1.75. The van der Waals surface area contributed by atoms with E-state index in [0.717, 1.165) is 18.6 Å². The summed E-state index contributed by atoms with van der Waals surface area (Å²) in [6, 6.07) is 5.78. The first-order valence-electron chi connectivity index (χ1n) is 7.58. The fourth-order valence-corrected chi connectivity index (χ4v) is 2.77. The zero-order valence-corrected chi connectivity index (χ0v) is 12.5. The van der Waals surface area contributed by atoms with Crippen LogP contribution in [0.3, 0.4) is 0 Å². The second kappa shape index (κ2) is 5.92. The number of hydrogen-bond donors (Lipinski definition) is 1. The molecule has 0 saturated carbocycles. The lowest BCUT2D eigenvalue weighted by Crippen LogP contribution is -2.14. The van der Waals surface area contributed by atoms with Crippen molar-refractivity contribution in [1.82, 2.24) is 9.78 Å². The highest BCUT2D eigenvalue weighted by Gasteiger charge is 2.19. The topological polar surface area (TPSA) is 74.6 Å². The van der Waals surface area contributed by atoms with Gasteiger partial charge in [-0.25, -0.2) is 0 Å². The third-order valence-electron chi connectivity index (χ3n) is 3.97. The molecule has 0 bridgehead atoms. The van der Waals surface area contributed by atoms with Crippen LogP contribution in [0.15, 0.2) is 30.6 Å². The third-order valence-corrected chi connectivity index (χ3v) is 3.97. The van der Waals surface area contributed by atoms with Gasteiger partial charge < -0.3 is 19.5 Å². The summed E-state index contributed by atoms with van der Waals surface area (Å²) in [6.45, 7) is 1.66. The van der Waals surface area contributed by atoms with Crippen molar-refractivity contribution >= 4 is 11.6 Å². The highest BCUT2D eigenvalue weighted by atomic mass is 16.7. The summed E-state index contributed by atoms with van der Waals surface area (Å²) in [5.41, 5.74) is 1.57. The van der Waals surface area contributed by atoms with Crippen molar-refractivity contribution in [3.8, 4) is 11.5 Å². The summed E-state index contributed by atoms with van der Waals surface area (Å²) in [6.07, 6.45) is 4.73. The number of benzene rings is 1. The Hall–Kier alpha value is -2.54. The molecule has 1 N–H and O–H groups in total. The minimum atomic E-state index is -0.0916. The monoisotopic (exact) mass is 315 g/mol. The van der Waals surface area contributed by atoms with Gasteiger partial charge >= 0.3 is 0 Å². The first-order chi connectivity index (χ1) is 11.3. The molecule has 23 heavy (non-hydrogen) atoms. The molecule has 4 rings (SSSR count). The number of hydrogen-bond acceptors (Lipinski definition) is 5. The largest absolute Gasteiger partial charge is 0.454 e. The van der Waals surface area contributed by atoms with E-state index >= 15 is 0 Å². The van der Waals surface area contributed by atoms with Crippen molar-refractivity contribution in [2.45, 2.75) is 18.9 Å². The lowest BCUT2D eigenvalue weighted by molar-refractivity contribution is -0.115. The Bertz CT molecular complexity index is 722. The summed E-state index contributed by atoms with van der Waals surface area (Å²) in [7, 11) is 0. The number of ether oxygens (including phenoxy) is 3. The normalized spacial score (nSPS) is 19.0. The quantitative estimate of drug-likeness (QED) is 0.930. The standard InChI is InChI=1S/C16H17N3O4/c20-16(6-11-1-2-14-15(5-11)23-10-22-14)18-12-7-17-19(8-12)13-3-4-21-9-13/h1-2,5,7-8,13H,3-4,6,9-10H2,(H,18,20). The maximum atomic E-state index is 12.2. The van der Waals surface area contributed by atoms with Crippen LogP contribution in [0, 0.1) is 0 Å². The number of carbonyl (C=O) groups excluding carboxylic acids is 1. The second-order valence-corrected chi connectivity index (χ2v) is 5.64. The van der Waals surface area contributed by atoms with Gasteiger partial charge in [-0.1, -0.05) is 6.07 Å². The minimum absolute atomic E-state index is 0.0916. The molecule has 7 heteroatoms. The molecule has 2 aliphatic rings. The molecule has 0 radical (unpaired) electrons. The van der Waals surface area contributed by atoms with Gasteiger partial charge in [0.05, 0.1) is 31.0 Å². The van der Waals surface area contributed by atoms with Gasteiger partial charge in [-0.3, -0.25) is 9.48 Å². The first-order valence-corrected chi connectivity index (χ1v) is 7.58. The van der Waals surface area contributed by atoms with Crippen LogP contribution in [-0.2, 0) is 16.0 Å². The molecule has 0 spiro atoms. The van der Waals surface area contributed by atoms with E-state index in [2.05, 4.69) is 10.4 Å². The summed E-state index contributed by atoms with van der Waals surface area (Å²) in [5.74, 6) is 1.31. The molecule has 1 saturated heterocycles. The van der Waals surface area contributed by atoms with E-state index in [1.54, 1.807) is 6.20 Å². The number of rotatable bonds is 4. The Balaban J connectivity index is 1.38. The van der Waals surface area contributed by atoms with Crippen molar-refractivity contribution in [3.05, 3.63) is 36.2 Å². The summed E-state index contributed by atoms with van der Waals surface area (Å²) < 4.78 is 17.8. The number of nitrogens with zero attached hydrogens (tertiary/aromatic N) is 2. The van der Waals surface area contributed by atoms with Crippen LogP contribution in [0.2, 0.25) is 0 Å². The number of amides is 1. The average Bonchev–Trinajstić information content (AvgIpc) is 3.27. The second-order valence-electron chi connectivity index (χ2n) is 5.64. The van der Waals surface area contributed by atoms with Crippen LogP contribution in [-0.4, -0.2) is 35.7 Å². The van der Waals surface area contributed by atoms with Crippen molar-refractivity contribution in [3.63, 3.8) is 0 Å². The molecule has 1 unspecified atom stereocenters. The highest BCUT2D eigenvalue weighted by molar-refractivity contribution is 5.92. The van der Waals surface area contributed by atoms with E-state index in [0.29, 0.717) is 23.8 Å². The molecule has 1 atom stereocenters. The van der Waals surface area contributed by atoms with E-state index in [1.165, 1.54) is 0 Å². The molecule has 1 fully saturated rings. The van der Waals surface area contributed by atoms with Gasteiger partial charge in [-0.2, -0.15) is 5.10 Å². The molecule has 2 aliphatic heterocycles. The fraction of sp³-hybridized carbons (Fsp3) is 0.375. The minimum Gasteiger partial charge on any atom is -0.454 e. The average molecular weight is 315 g/mol. The van der Waals surface area contributed by atoms with Gasteiger partial charge in [0.1, 0.15) is 0 Å². The molecule has 120 valence electrons. The van der Waals surface area contributed by atoms with E-state index in [4.69, 9.17) is 14.2 Å². The molecular formula is C16H17N3O4. The SMILES string of the molecule is O=C(Cc1ccc2c(c1)OCO2)Nc1cnn(C2CCOC2)c1. The maximum Gasteiger partial charge on any atom is 0.231 e. The summed E-state index contributed by atoms with van der Waals surface area (Å²) >= 11 is 0. The molecule has 3 heterocycles. The van der Waals surface area contributed by atoms with E-state index in [-0.39, 0.29) is 25.2 Å². The molecule has 1 amide bonds. The number of aromatic nitrogens is 2. The van der Waals surface area contributed by atoms with E-state index < -0.39 is 0 Å². The molecule has 2 aromatic rings. The molecule has 0 aliphatic carbocycles. The van der Waals surface area contributed by atoms with Crippen molar-refractivity contribution in [2.75, 3.05) is 25.3 Å². The Morgan fingerprint density at radius 2 is 2.26 bits per heavy atom. The maximum absolute atomic E-state index is 12.2. The third kappa shape index (κ3) is 3.00. The number of nitrogens with one attached hydrogen (secondary N) is 1. The van der Waals surface area contributed by atoms with Crippen LogP contribution in [0.1, 0.15) is 18.0 Å². The molecule has 7 nitrogen and oxygen atoms in total. The van der Waals surface area contributed by atoms with Gasteiger partial charge in [0, 0.05) is 12.8 Å². The van der Waals surface area contributed by atoms with Crippen LogP contribution < -0.4 is 14.8 Å². The lowest BCUT2D eigenvalue weighted by Gasteiger charge is -2.07. The smallest absolute Gasteiger partial charge is 0.231 e. The van der Waals surface area contributed by atoms with Crippen LogP contribution in [0.4, 0.5) is 5.69 Å². The van der Waals surface area contributed by atoms with Gasteiger partial charge in [-0.05, 0) is 24.1 Å². The van der Waals surface area contributed by atoms with Crippen LogP contribution >= 0.6 is 0 Å². The Morgan fingerprint density at radius 3 is 3.13 bits per heavy atom. The highest BCUT2D eigenvalue weighted by Crippen LogP contribution is 2.32. The number of fused-ring (bicyclic) bond motifs is 1. The lowest BCUT2D eigenvalue weighted by atomic mass is 10.1.